The Balaban J connectivity index is 1.77. The number of aromatic amines is 1. The molecule has 0 unspecified atom stereocenters. The fourth-order valence-electron chi connectivity index (χ4n) is 3.35. The minimum Gasteiger partial charge on any atom is -0.462 e. The maximum absolute atomic E-state index is 13.0. The number of fused-ring (bicyclic) bond motifs is 1. The number of hydrogen-bond donors (Lipinski definition) is 1. The van der Waals surface area contributed by atoms with Crippen LogP contribution in [0.2, 0.25) is 0 Å². The Hall–Kier alpha value is -3.48. The number of hydrogen-bond acceptors (Lipinski definition) is 5. The van der Waals surface area contributed by atoms with Crippen LogP contribution in [-0.4, -0.2) is 33.7 Å². The van der Waals surface area contributed by atoms with Crippen molar-refractivity contribution in [1.29, 1.82) is 0 Å². The van der Waals surface area contributed by atoms with Crippen molar-refractivity contribution >= 4 is 17.6 Å². The quantitative estimate of drug-likeness (QED) is 0.721. The first kappa shape index (κ1) is 17.0. The lowest BCUT2D eigenvalue weighted by Crippen LogP contribution is -2.29. The molecule has 136 valence electrons. The van der Waals surface area contributed by atoms with Gasteiger partial charge in [0.1, 0.15) is 6.04 Å². The summed E-state index contributed by atoms with van der Waals surface area (Å²) in [6, 6.07) is 12.0. The topological polar surface area (TPSA) is 88.2 Å². The molecular formula is C20H18N4O3. The highest BCUT2D eigenvalue weighted by atomic mass is 16.5. The Bertz CT molecular complexity index is 996. The van der Waals surface area contributed by atoms with Crippen LogP contribution in [0.3, 0.4) is 0 Å². The second-order valence-corrected chi connectivity index (χ2v) is 6.21. The largest absolute Gasteiger partial charge is 0.462 e. The van der Waals surface area contributed by atoms with Gasteiger partial charge in [0.05, 0.1) is 17.9 Å². The molecule has 3 heterocycles. The van der Waals surface area contributed by atoms with Crippen LogP contribution < -0.4 is 4.90 Å². The number of pyridine rings is 1. The number of H-pyrrole nitrogens is 1. The zero-order valence-corrected chi connectivity index (χ0v) is 15.0. The summed E-state index contributed by atoms with van der Waals surface area (Å²) < 4.78 is 5.02. The van der Waals surface area contributed by atoms with Crippen LogP contribution >= 0.6 is 0 Å². The number of aromatic nitrogens is 3. The number of esters is 1. The van der Waals surface area contributed by atoms with Gasteiger partial charge in [0.2, 0.25) is 0 Å². The first-order chi connectivity index (χ1) is 13.1. The van der Waals surface area contributed by atoms with E-state index in [0.29, 0.717) is 23.6 Å². The van der Waals surface area contributed by atoms with E-state index < -0.39 is 0 Å². The Morgan fingerprint density at radius 3 is 2.67 bits per heavy atom. The average Bonchev–Trinajstić information content (AvgIpc) is 3.21. The summed E-state index contributed by atoms with van der Waals surface area (Å²) in [5.74, 6) is -0.587. The third-order valence-electron chi connectivity index (χ3n) is 4.57. The number of rotatable bonds is 4. The Labute approximate surface area is 156 Å². The number of carbonyl (C=O) groups is 2. The molecule has 0 saturated carbocycles. The summed E-state index contributed by atoms with van der Waals surface area (Å²) in [4.78, 5) is 31.0. The summed E-state index contributed by atoms with van der Waals surface area (Å²) in [7, 11) is 0. The molecule has 1 aliphatic heterocycles. The van der Waals surface area contributed by atoms with Gasteiger partial charge in [0, 0.05) is 23.1 Å². The molecule has 4 rings (SSSR count). The zero-order valence-electron chi connectivity index (χ0n) is 15.0. The van der Waals surface area contributed by atoms with Gasteiger partial charge in [0.25, 0.3) is 5.91 Å². The molecule has 0 fully saturated rings. The molecular weight excluding hydrogens is 344 g/mol. The normalized spacial score (nSPS) is 15.7. The van der Waals surface area contributed by atoms with E-state index in [-0.39, 0.29) is 17.9 Å². The molecule has 1 amide bonds. The van der Waals surface area contributed by atoms with Crippen molar-refractivity contribution in [3.8, 4) is 0 Å². The van der Waals surface area contributed by atoms with Crippen LogP contribution in [0.25, 0.3) is 0 Å². The van der Waals surface area contributed by atoms with Gasteiger partial charge in [-0.3, -0.25) is 19.8 Å². The Morgan fingerprint density at radius 1 is 1.22 bits per heavy atom. The molecule has 0 bridgehead atoms. The van der Waals surface area contributed by atoms with E-state index >= 15 is 0 Å². The van der Waals surface area contributed by atoms with E-state index in [1.807, 2.05) is 25.1 Å². The van der Waals surface area contributed by atoms with Crippen LogP contribution in [0.5, 0.6) is 0 Å². The Morgan fingerprint density at radius 2 is 2.00 bits per heavy atom. The monoisotopic (exact) mass is 362 g/mol. The molecule has 0 aliphatic carbocycles. The van der Waals surface area contributed by atoms with E-state index in [1.54, 1.807) is 42.3 Å². The predicted molar refractivity (Wildman–Crippen MR) is 98.6 cm³/mol. The van der Waals surface area contributed by atoms with Crippen LogP contribution in [0, 0.1) is 6.92 Å². The second-order valence-electron chi connectivity index (χ2n) is 6.21. The first-order valence-electron chi connectivity index (χ1n) is 8.68. The second kappa shape index (κ2) is 6.68. The lowest BCUT2D eigenvalue weighted by Gasteiger charge is -2.25. The highest BCUT2D eigenvalue weighted by Crippen LogP contribution is 2.41. The summed E-state index contributed by atoms with van der Waals surface area (Å²) in [5, 5.41) is 7.07. The predicted octanol–water partition coefficient (Wildman–Crippen LogP) is 3.04. The fraction of sp³-hybridized carbons (Fsp3) is 0.200. The minimum atomic E-state index is -0.387. The van der Waals surface area contributed by atoms with Crippen molar-refractivity contribution in [3.63, 3.8) is 0 Å². The molecule has 27 heavy (non-hydrogen) atoms. The van der Waals surface area contributed by atoms with Crippen molar-refractivity contribution < 1.29 is 14.3 Å². The molecule has 1 atom stereocenters. The number of ether oxygens (including phenoxy) is 1. The van der Waals surface area contributed by atoms with Crippen LogP contribution in [0.1, 0.15) is 50.8 Å². The van der Waals surface area contributed by atoms with E-state index in [0.717, 1.165) is 17.0 Å². The third-order valence-corrected chi connectivity index (χ3v) is 4.57. The fourth-order valence-corrected chi connectivity index (χ4v) is 3.35. The number of anilines is 1. The molecule has 0 saturated heterocycles. The van der Waals surface area contributed by atoms with Gasteiger partial charge in [0.15, 0.2) is 5.69 Å². The van der Waals surface area contributed by atoms with Gasteiger partial charge in [-0.05, 0) is 50.2 Å². The lowest BCUT2D eigenvalue weighted by molar-refractivity contribution is 0.0526. The van der Waals surface area contributed by atoms with Crippen molar-refractivity contribution in [1.82, 2.24) is 15.2 Å². The van der Waals surface area contributed by atoms with Crippen LogP contribution in [0.4, 0.5) is 5.69 Å². The molecule has 1 aliphatic rings. The molecule has 1 aromatic carbocycles. The molecule has 7 nitrogen and oxygen atoms in total. The number of carbonyl (C=O) groups excluding carboxylic acids is 2. The number of nitrogens with zero attached hydrogens (tertiary/aromatic N) is 3. The Kier molecular flexibility index (Phi) is 4.19. The summed E-state index contributed by atoms with van der Waals surface area (Å²) in [6.45, 7) is 3.96. The molecule has 2 aromatic heterocycles. The molecule has 3 aromatic rings. The third kappa shape index (κ3) is 2.77. The maximum atomic E-state index is 13.0. The van der Waals surface area contributed by atoms with Crippen molar-refractivity contribution in [2.75, 3.05) is 11.5 Å². The lowest BCUT2D eigenvalue weighted by atomic mass is 10.0. The maximum Gasteiger partial charge on any atom is 0.338 e. The first-order valence-corrected chi connectivity index (χ1v) is 8.68. The number of aryl methyl sites for hydroxylation is 1. The van der Waals surface area contributed by atoms with E-state index in [4.69, 9.17) is 4.74 Å². The highest BCUT2D eigenvalue weighted by molar-refractivity contribution is 6.10. The van der Waals surface area contributed by atoms with E-state index in [2.05, 4.69) is 15.2 Å². The van der Waals surface area contributed by atoms with Crippen molar-refractivity contribution in [2.45, 2.75) is 19.9 Å². The van der Waals surface area contributed by atoms with Crippen molar-refractivity contribution in [2.24, 2.45) is 0 Å². The van der Waals surface area contributed by atoms with E-state index in [1.165, 1.54) is 0 Å². The van der Waals surface area contributed by atoms with Crippen LogP contribution in [0.15, 0.2) is 48.7 Å². The summed E-state index contributed by atoms with van der Waals surface area (Å²) in [6.07, 6.45) is 1.70. The number of amides is 1. The van der Waals surface area contributed by atoms with E-state index in [9.17, 15) is 9.59 Å². The highest BCUT2D eigenvalue weighted by Gasteiger charge is 2.43. The smallest absolute Gasteiger partial charge is 0.338 e. The van der Waals surface area contributed by atoms with Gasteiger partial charge in [-0.1, -0.05) is 6.07 Å². The standard InChI is InChI=1S/C20H18N4O3/c1-3-27-20(26)13-7-9-14(10-8-13)24-18(15-6-4-5-11-21-15)16-12(2)22-23-17(16)19(24)25/h4-11,18H,3H2,1-2H3,(H,22,23)/t18-/m0/s1. The van der Waals surface area contributed by atoms with Gasteiger partial charge in [-0.25, -0.2) is 4.79 Å². The van der Waals surface area contributed by atoms with Gasteiger partial charge in [-0.15, -0.1) is 0 Å². The number of benzene rings is 1. The van der Waals surface area contributed by atoms with Gasteiger partial charge in [-0.2, -0.15) is 5.10 Å². The molecule has 0 radical (unpaired) electrons. The minimum absolute atomic E-state index is 0.200. The molecule has 0 spiro atoms. The average molecular weight is 362 g/mol. The van der Waals surface area contributed by atoms with Gasteiger partial charge >= 0.3 is 5.97 Å². The summed E-state index contributed by atoms with van der Waals surface area (Å²) in [5.41, 5.74) is 3.92. The zero-order chi connectivity index (χ0) is 19.0. The summed E-state index contributed by atoms with van der Waals surface area (Å²) >= 11 is 0. The molecule has 7 heteroatoms. The SMILES string of the molecule is CCOC(=O)c1ccc(N2C(=O)c3n[nH]c(C)c3[C@@H]2c2ccccn2)cc1. The number of nitrogens with one attached hydrogen (secondary N) is 1. The van der Waals surface area contributed by atoms with Crippen LogP contribution in [-0.2, 0) is 4.74 Å². The molecule has 1 N–H and O–H groups in total. The van der Waals surface area contributed by atoms with Gasteiger partial charge < -0.3 is 4.74 Å². The van der Waals surface area contributed by atoms with Crippen molar-refractivity contribution in [3.05, 3.63) is 76.9 Å².